The molecule has 0 spiro atoms. The molecule has 0 amide bonds. The Bertz CT molecular complexity index is 1200. The van der Waals surface area contributed by atoms with Gasteiger partial charge in [0.05, 0.1) is 22.7 Å². The van der Waals surface area contributed by atoms with Gasteiger partial charge in [0.2, 0.25) is 0 Å². The summed E-state index contributed by atoms with van der Waals surface area (Å²) in [6, 6.07) is 20.6. The second-order valence-corrected chi connectivity index (χ2v) is 7.10. The first-order valence-electron chi connectivity index (χ1n) is 9.10. The summed E-state index contributed by atoms with van der Waals surface area (Å²) in [5.41, 5.74) is 2.60. The fourth-order valence-corrected chi connectivity index (χ4v) is 3.43. The average Bonchev–Trinajstić information content (AvgIpc) is 3.29. The van der Waals surface area contributed by atoms with Gasteiger partial charge in [-0.3, -0.25) is 9.36 Å². The molecule has 0 aliphatic rings. The predicted molar refractivity (Wildman–Crippen MR) is 112 cm³/mol. The Morgan fingerprint density at radius 2 is 1.79 bits per heavy atom. The molecule has 0 saturated heterocycles. The predicted octanol–water partition coefficient (Wildman–Crippen LogP) is 4.39. The lowest BCUT2D eigenvalue weighted by Gasteiger charge is -2.20. The van der Waals surface area contributed by atoms with Crippen LogP contribution in [0.5, 0.6) is 0 Å². The first-order valence-corrected chi connectivity index (χ1v) is 9.48. The number of halogens is 1. The van der Waals surface area contributed by atoms with Gasteiger partial charge in [-0.2, -0.15) is 5.26 Å². The van der Waals surface area contributed by atoms with E-state index in [1.54, 1.807) is 18.5 Å². The average molecular weight is 401 g/mol. The molecule has 4 aromatic rings. The SMILES string of the molecule is N#Cc1ccc(C(Cc2ccc(-n3cc(Cl)ccc3=O)nc2)n2cccc2)cc1. The van der Waals surface area contributed by atoms with Crippen LogP contribution in [0.25, 0.3) is 5.82 Å². The Kier molecular flexibility index (Phi) is 5.28. The number of hydrogen-bond donors (Lipinski definition) is 0. The third-order valence-corrected chi connectivity index (χ3v) is 5.00. The normalized spacial score (nSPS) is 11.7. The molecule has 3 heterocycles. The number of rotatable bonds is 5. The highest BCUT2D eigenvalue weighted by atomic mass is 35.5. The van der Waals surface area contributed by atoms with Crippen molar-refractivity contribution >= 4 is 11.6 Å². The molecule has 0 N–H and O–H groups in total. The lowest BCUT2D eigenvalue weighted by Crippen LogP contribution is -2.17. The number of benzene rings is 1. The summed E-state index contributed by atoms with van der Waals surface area (Å²) in [5, 5.41) is 9.52. The van der Waals surface area contributed by atoms with Crippen molar-refractivity contribution < 1.29 is 0 Å². The maximum absolute atomic E-state index is 12.1. The Morgan fingerprint density at radius 3 is 2.45 bits per heavy atom. The number of hydrogen-bond acceptors (Lipinski definition) is 3. The van der Waals surface area contributed by atoms with E-state index in [0.29, 0.717) is 16.4 Å². The highest BCUT2D eigenvalue weighted by molar-refractivity contribution is 6.30. The standard InChI is InChI=1S/C23H17ClN4O/c24-20-8-10-23(29)28(16-20)22-9-5-18(15-26-22)13-21(27-11-1-2-12-27)19-6-3-17(14-25)4-7-19/h1-12,15-16,21H,13H2. The zero-order valence-electron chi connectivity index (χ0n) is 15.4. The van der Waals surface area contributed by atoms with Crippen LogP contribution in [0.15, 0.2) is 90.2 Å². The van der Waals surface area contributed by atoms with Gasteiger partial charge in [-0.25, -0.2) is 4.98 Å². The smallest absolute Gasteiger partial charge is 0.256 e. The fraction of sp³-hybridized carbons (Fsp3) is 0.0870. The van der Waals surface area contributed by atoms with Crippen LogP contribution < -0.4 is 5.56 Å². The molecular formula is C23H17ClN4O. The van der Waals surface area contributed by atoms with Gasteiger partial charge in [0.25, 0.3) is 5.56 Å². The van der Waals surface area contributed by atoms with E-state index >= 15 is 0 Å². The van der Waals surface area contributed by atoms with E-state index in [9.17, 15) is 4.79 Å². The van der Waals surface area contributed by atoms with E-state index in [1.165, 1.54) is 10.6 Å². The first-order chi connectivity index (χ1) is 14.1. The van der Waals surface area contributed by atoms with Gasteiger partial charge in [0.1, 0.15) is 5.82 Å². The molecule has 0 saturated carbocycles. The first kappa shape index (κ1) is 18.7. The monoisotopic (exact) mass is 400 g/mol. The molecule has 0 fully saturated rings. The zero-order chi connectivity index (χ0) is 20.2. The number of nitrogens with zero attached hydrogens (tertiary/aromatic N) is 4. The molecule has 0 bridgehead atoms. The third kappa shape index (κ3) is 4.13. The Hall–Kier alpha value is -3.62. The van der Waals surface area contributed by atoms with Crippen molar-refractivity contribution in [3.8, 4) is 11.9 Å². The third-order valence-electron chi connectivity index (χ3n) is 4.77. The summed E-state index contributed by atoms with van der Waals surface area (Å²) in [5.74, 6) is 0.525. The maximum atomic E-state index is 12.1. The quantitative estimate of drug-likeness (QED) is 0.499. The molecule has 1 atom stereocenters. The summed E-state index contributed by atoms with van der Waals surface area (Å²) in [4.78, 5) is 16.5. The van der Waals surface area contributed by atoms with Crippen molar-refractivity contribution in [3.63, 3.8) is 0 Å². The number of pyridine rings is 2. The van der Waals surface area contributed by atoms with Crippen molar-refractivity contribution in [1.82, 2.24) is 14.1 Å². The number of aromatic nitrogens is 3. The van der Waals surface area contributed by atoms with E-state index in [4.69, 9.17) is 16.9 Å². The van der Waals surface area contributed by atoms with Crippen LogP contribution in [0.2, 0.25) is 5.02 Å². The van der Waals surface area contributed by atoms with E-state index in [0.717, 1.165) is 17.5 Å². The van der Waals surface area contributed by atoms with Gasteiger partial charge in [0.15, 0.2) is 0 Å². The zero-order valence-corrected chi connectivity index (χ0v) is 16.2. The minimum atomic E-state index is -0.183. The summed E-state index contributed by atoms with van der Waals surface area (Å²) in [6.07, 6.45) is 8.11. The van der Waals surface area contributed by atoms with Crippen molar-refractivity contribution in [1.29, 1.82) is 5.26 Å². The summed E-state index contributed by atoms with van der Waals surface area (Å²) in [7, 11) is 0. The molecule has 4 rings (SSSR count). The van der Waals surface area contributed by atoms with Crippen molar-refractivity contribution in [3.05, 3.63) is 118 Å². The van der Waals surface area contributed by atoms with Crippen LogP contribution in [0, 0.1) is 11.3 Å². The Labute approximate surface area is 173 Å². The van der Waals surface area contributed by atoms with Crippen LogP contribution in [0.1, 0.15) is 22.7 Å². The molecule has 29 heavy (non-hydrogen) atoms. The van der Waals surface area contributed by atoms with Crippen LogP contribution in [0.4, 0.5) is 0 Å². The second-order valence-electron chi connectivity index (χ2n) is 6.66. The topological polar surface area (TPSA) is 63.6 Å². The largest absolute Gasteiger partial charge is 0.347 e. The molecule has 0 aliphatic heterocycles. The van der Waals surface area contributed by atoms with Gasteiger partial charge in [-0.1, -0.05) is 29.8 Å². The Morgan fingerprint density at radius 1 is 1.03 bits per heavy atom. The lowest BCUT2D eigenvalue weighted by atomic mass is 9.98. The van der Waals surface area contributed by atoms with E-state index in [1.807, 2.05) is 60.9 Å². The molecule has 0 aliphatic carbocycles. The van der Waals surface area contributed by atoms with Gasteiger partial charge in [-0.05, 0) is 53.9 Å². The summed E-state index contributed by atoms with van der Waals surface area (Å²) < 4.78 is 3.56. The van der Waals surface area contributed by atoms with Crippen LogP contribution >= 0.6 is 11.6 Å². The molecule has 0 radical (unpaired) electrons. The minimum Gasteiger partial charge on any atom is -0.347 e. The summed E-state index contributed by atoms with van der Waals surface area (Å²) >= 11 is 6.00. The second kappa shape index (κ2) is 8.17. The molecule has 6 heteroatoms. The maximum Gasteiger partial charge on any atom is 0.256 e. The van der Waals surface area contributed by atoms with E-state index in [-0.39, 0.29) is 11.6 Å². The van der Waals surface area contributed by atoms with E-state index < -0.39 is 0 Å². The molecule has 3 aromatic heterocycles. The van der Waals surface area contributed by atoms with Crippen LogP contribution in [0.3, 0.4) is 0 Å². The Balaban J connectivity index is 1.63. The van der Waals surface area contributed by atoms with Crippen molar-refractivity contribution in [2.45, 2.75) is 12.5 Å². The molecule has 1 unspecified atom stereocenters. The van der Waals surface area contributed by atoms with Gasteiger partial charge in [0, 0.05) is 30.9 Å². The lowest BCUT2D eigenvalue weighted by molar-refractivity contribution is 0.583. The van der Waals surface area contributed by atoms with Gasteiger partial charge in [-0.15, -0.1) is 0 Å². The highest BCUT2D eigenvalue weighted by Gasteiger charge is 2.14. The van der Waals surface area contributed by atoms with Crippen LogP contribution in [-0.4, -0.2) is 14.1 Å². The minimum absolute atomic E-state index is 0.0688. The van der Waals surface area contributed by atoms with E-state index in [2.05, 4.69) is 15.6 Å². The highest BCUT2D eigenvalue weighted by Crippen LogP contribution is 2.24. The van der Waals surface area contributed by atoms with Gasteiger partial charge < -0.3 is 4.57 Å². The van der Waals surface area contributed by atoms with Crippen LogP contribution in [-0.2, 0) is 6.42 Å². The summed E-state index contributed by atoms with van der Waals surface area (Å²) in [6.45, 7) is 0. The number of nitriles is 1. The molecule has 142 valence electrons. The molecule has 5 nitrogen and oxygen atoms in total. The molecule has 1 aromatic carbocycles. The van der Waals surface area contributed by atoms with Crippen molar-refractivity contribution in [2.75, 3.05) is 0 Å². The van der Waals surface area contributed by atoms with Gasteiger partial charge >= 0.3 is 0 Å². The van der Waals surface area contributed by atoms with Crippen molar-refractivity contribution in [2.24, 2.45) is 0 Å². The fourth-order valence-electron chi connectivity index (χ4n) is 3.27. The molecular weight excluding hydrogens is 384 g/mol.